The number of hydrogen-bond donors (Lipinski definition) is 1. The molecule has 1 N–H and O–H groups in total. The number of nitrogens with zero attached hydrogens (tertiary/aromatic N) is 1. The number of hydrogen-bond acceptors (Lipinski definition) is 2. The molecule has 2 heteroatoms. The molecule has 0 radical (unpaired) electrons. The van der Waals surface area contributed by atoms with Crippen molar-refractivity contribution >= 4 is 0 Å². The Morgan fingerprint density at radius 1 is 1.20 bits per heavy atom. The molecule has 15 heavy (non-hydrogen) atoms. The molecule has 0 bridgehead atoms. The maximum atomic E-state index is 3.51. The summed E-state index contributed by atoms with van der Waals surface area (Å²) in [6, 6.07) is 1.68. The second-order valence-corrected chi connectivity index (χ2v) is 5.74. The summed E-state index contributed by atoms with van der Waals surface area (Å²) < 4.78 is 0. The van der Waals surface area contributed by atoms with Crippen LogP contribution in [0.15, 0.2) is 0 Å². The standard InChI is InChI=1S/C13H26N2/c1-10-4-7-13(14-2)11(8-10)9-15(3)12-5-6-12/h10-14H,4-9H2,1-3H3. The largest absolute Gasteiger partial charge is 0.317 e. The lowest BCUT2D eigenvalue weighted by molar-refractivity contribution is 0.161. The van der Waals surface area contributed by atoms with Crippen LogP contribution in [0.25, 0.3) is 0 Å². The van der Waals surface area contributed by atoms with Crippen LogP contribution in [-0.2, 0) is 0 Å². The maximum Gasteiger partial charge on any atom is 0.0105 e. The van der Waals surface area contributed by atoms with Crippen LogP contribution in [0.4, 0.5) is 0 Å². The van der Waals surface area contributed by atoms with Gasteiger partial charge in [-0.15, -0.1) is 0 Å². The van der Waals surface area contributed by atoms with Crippen LogP contribution in [0.2, 0.25) is 0 Å². The fraction of sp³-hybridized carbons (Fsp3) is 1.00. The van der Waals surface area contributed by atoms with Crippen molar-refractivity contribution in [2.24, 2.45) is 11.8 Å². The van der Waals surface area contributed by atoms with Gasteiger partial charge in [0, 0.05) is 18.6 Å². The molecule has 2 aliphatic rings. The SMILES string of the molecule is CNC1CCC(C)CC1CN(C)C1CC1. The lowest BCUT2D eigenvalue weighted by atomic mass is 9.78. The van der Waals surface area contributed by atoms with Crippen molar-refractivity contribution in [2.75, 3.05) is 20.6 Å². The van der Waals surface area contributed by atoms with Crippen molar-refractivity contribution < 1.29 is 0 Å². The Morgan fingerprint density at radius 3 is 2.53 bits per heavy atom. The lowest BCUT2D eigenvalue weighted by Gasteiger charge is -2.37. The maximum absolute atomic E-state index is 3.51. The van der Waals surface area contributed by atoms with Gasteiger partial charge in [-0.25, -0.2) is 0 Å². The summed E-state index contributed by atoms with van der Waals surface area (Å²) in [6.07, 6.45) is 7.07. The molecule has 2 saturated carbocycles. The Hall–Kier alpha value is -0.0800. The molecule has 0 aliphatic heterocycles. The molecule has 0 spiro atoms. The summed E-state index contributed by atoms with van der Waals surface area (Å²) in [5, 5.41) is 3.51. The zero-order valence-corrected chi connectivity index (χ0v) is 10.5. The first-order valence-electron chi connectivity index (χ1n) is 6.58. The van der Waals surface area contributed by atoms with Crippen LogP contribution in [-0.4, -0.2) is 37.6 Å². The summed E-state index contributed by atoms with van der Waals surface area (Å²) in [5.74, 6) is 1.82. The van der Waals surface area contributed by atoms with E-state index in [1.54, 1.807) is 0 Å². The smallest absolute Gasteiger partial charge is 0.0105 e. The molecule has 2 fully saturated rings. The zero-order chi connectivity index (χ0) is 10.8. The van der Waals surface area contributed by atoms with Gasteiger partial charge in [0.15, 0.2) is 0 Å². The lowest BCUT2D eigenvalue weighted by Crippen LogP contribution is -2.43. The molecule has 0 aromatic heterocycles. The fourth-order valence-electron chi connectivity index (χ4n) is 3.11. The molecule has 0 amide bonds. The van der Waals surface area contributed by atoms with Crippen LogP contribution in [0.5, 0.6) is 0 Å². The average Bonchev–Trinajstić information content (AvgIpc) is 3.01. The van der Waals surface area contributed by atoms with Gasteiger partial charge < -0.3 is 10.2 Å². The van der Waals surface area contributed by atoms with E-state index in [9.17, 15) is 0 Å². The van der Waals surface area contributed by atoms with E-state index < -0.39 is 0 Å². The van der Waals surface area contributed by atoms with E-state index in [-0.39, 0.29) is 0 Å². The Morgan fingerprint density at radius 2 is 1.93 bits per heavy atom. The third kappa shape index (κ3) is 2.94. The first-order chi connectivity index (χ1) is 7.20. The normalized spacial score (nSPS) is 37.2. The van der Waals surface area contributed by atoms with Gasteiger partial charge in [0.1, 0.15) is 0 Å². The molecular weight excluding hydrogens is 184 g/mol. The van der Waals surface area contributed by atoms with Gasteiger partial charge in [-0.1, -0.05) is 6.92 Å². The highest BCUT2D eigenvalue weighted by Gasteiger charge is 2.32. The molecule has 88 valence electrons. The summed E-state index contributed by atoms with van der Waals surface area (Å²) in [7, 11) is 4.44. The molecule has 3 atom stereocenters. The van der Waals surface area contributed by atoms with E-state index in [0.29, 0.717) is 0 Å². The summed E-state index contributed by atoms with van der Waals surface area (Å²) >= 11 is 0. The first-order valence-corrected chi connectivity index (χ1v) is 6.58. The van der Waals surface area contributed by atoms with Crippen LogP contribution < -0.4 is 5.32 Å². The number of rotatable bonds is 4. The molecule has 0 aromatic rings. The molecule has 2 nitrogen and oxygen atoms in total. The molecule has 0 heterocycles. The highest BCUT2D eigenvalue weighted by Crippen LogP contribution is 2.32. The van der Waals surface area contributed by atoms with E-state index in [4.69, 9.17) is 0 Å². The monoisotopic (exact) mass is 210 g/mol. The predicted octanol–water partition coefficient (Wildman–Crippen LogP) is 2.10. The zero-order valence-electron chi connectivity index (χ0n) is 10.5. The molecule has 0 aromatic carbocycles. The highest BCUT2D eigenvalue weighted by atomic mass is 15.2. The Kier molecular flexibility index (Phi) is 3.68. The van der Waals surface area contributed by atoms with Crippen molar-refractivity contribution in [1.82, 2.24) is 10.2 Å². The van der Waals surface area contributed by atoms with Gasteiger partial charge in [-0.2, -0.15) is 0 Å². The Balaban J connectivity index is 1.85. The summed E-state index contributed by atoms with van der Waals surface area (Å²) in [6.45, 7) is 3.72. The second kappa shape index (κ2) is 4.84. The highest BCUT2D eigenvalue weighted by molar-refractivity contribution is 4.88. The van der Waals surface area contributed by atoms with Gasteiger partial charge in [0.25, 0.3) is 0 Å². The van der Waals surface area contributed by atoms with Crippen LogP contribution in [0.1, 0.15) is 39.0 Å². The van der Waals surface area contributed by atoms with E-state index in [1.807, 2.05) is 0 Å². The van der Waals surface area contributed by atoms with E-state index in [1.165, 1.54) is 38.6 Å². The Labute approximate surface area is 94.4 Å². The first kappa shape index (κ1) is 11.4. The third-order valence-electron chi connectivity index (χ3n) is 4.31. The van der Waals surface area contributed by atoms with E-state index in [2.05, 4.69) is 31.2 Å². The van der Waals surface area contributed by atoms with Crippen molar-refractivity contribution in [1.29, 1.82) is 0 Å². The van der Waals surface area contributed by atoms with E-state index in [0.717, 1.165) is 23.9 Å². The predicted molar refractivity (Wildman–Crippen MR) is 65.0 cm³/mol. The molecule has 3 unspecified atom stereocenters. The van der Waals surface area contributed by atoms with Gasteiger partial charge in [-0.3, -0.25) is 0 Å². The fourth-order valence-corrected chi connectivity index (χ4v) is 3.11. The van der Waals surface area contributed by atoms with Gasteiger partial charge in [0.05, 0.1) is 0 Å². The van der Waals surface area contributed by atoms with Crippen molar-refractivity contribution in [3.8, 4) is 0 Å². The average molecular weight is 210 g/mol. The second-order valence-electron chi connectivity index (χ2n) is 5.74. The van der Waals surface area contributed by atoms with E-state index >= 15 is 0 Å². The van der Waals surface area contributed by atoms with Crippen LogP contribution in [0, 0.1) is 11.8 Å². The van der Waals surface area contributed by atoms with Gasteiger partial charge in [0.2, 0.25) is 0 Å². The van der Waals surface area contributed by atoms with Crippen molar-refractivity contribution in [2.45, 2.75) is 51.1 Å². The number of nitrogens with one attached hydrogen (secondary N) is 1. The van der Waals surface area contributed by atoms with Gasteiger partial charge in [-0.05, 0) is 58.0 Å². The molecule has 0 saturated heterocycles. The van der Waals surface area contributed by atoms with Gasteiger partial charge >= 0.3 is 0 Å². The minimum Gasteiger partial charge on any atom is -0.317 e. The summed E-state index contributed by atoms with van der Waals surface area (Å²) in [5.41, 5.74) is 0. The minimum atomic E-state index is 0.766. The minimum absolute atomic E-state index is 0.766. The molecule has 2 aliphatic carbocycles. The van der Waals surface area contributed by atoms with Crippen molar-refractivity contribution in [3.63, 3.8) is 0 Å². The Bertz CT molecular complexity index is 201. The molecular formula is C13H26N2. The van der Waals surface area contributed by atoms with Crippen molar-refractivity contribution in [3.05, 3.63) is 0 Å². The topological polar surface area (TPSA) is 15.3 Å². The third-order valence-corrected chi connectivity index (χ3v) is 4.31. The quantitative estimate of drug-likeness (QED) is 0.764. The van der Waals surface area contributed by atoms with Crippen LogP contribution >= 0.6 is 0 Å². The summed E-state index contributed by atoms with van der Waals surface area (Å²) in [4.78, 5) is 2.59. The molecule has 2 rings (SSSR count). The van der Waals surface area contributed by atoms with Crippen LogP contribution in [0.3, 0.4) is 0 Å².